The number of imidazole rings is 1. The Morgan fingerprint density at radius 3 is 1.70 bits per heavy atom. The number of benzene rings is 6. The molecule has 258 valence electrons. The van der Waals surface area contributed by atoms with Crippen LogP contribution in [-0.4, -0.2) is 19.5 Å². The van der Waals surface area contributed by atoms with E-state index in [2.05, 4.69) is 161 Å². The van der Waals surface area contributed by atoms with Gasteiger partial charge in [-0.3, -0.25) is 14.5 Å². The highest BCUT2D eigenvalue weighted by atomic mass is 127. The van der Waals surface area contributed by atoms with Crippen molar-refractivity contribution in [3.8, 4) is 56.4 Å². The molecule has 0 bridgehead atoms. The Morgan fingerprint density at radius 1 is 0.574 bits per heavy atom. The molecule has 0 fully saturated rings. The molecule has 0 aliphatic carbocycles. The number of hydrogen-bond acceptors (Lipinski definition) is 3. The quantitative estimate of drug-likeness (QED) is 0.0873. The second-order valence-corrected chi connectivity index (χ2v) is 13.9. The van der Waals surface area contributed by atoms with Crippen molar-refractivity contribution in [2.24, 2.45) is 0 Å². The van der Waals surface area contributed by atoms with Crippen molar-refractivity contribution >= 4 is 60.6 Å². The van der Waals surface area contributed by atoms with E-state index in [0.717, 1.165) is 51.8 Å². The van der Waals surface area contributed by atoms with Crippen LogP contribution in [-0.2, 0) is 0 Å². The Balaban J connectivity index is 1.25. The largest absolute Gasteiger partial charge is 0.294 e. The first-order valence-electron chi connectivity index (χ1n) is 18.2. The van der Waals surface area contributed by atoms with Crippen molar-refractivity contribution in [2.45, 2.75) is 13.3 Å². The summed E-state index contributed by atoms with van der Waals surface area (Å²) in [6, 6.07) is 54.0. The number of fused-ring (bicyclic) bond motifs is 3. The highest BCUT2D eigenvalue weighted by molar-refractivity contribution is 14.1. The van der Waals surface area contributed by atoms with E-state index in [1.54, 1.807) is 0 Å². The molecule has 54 heavy (non-hydrogen) atoms. The summed E-state index contributed by atoms with van der Waals surface area (Å²) in [5.41, 5.74) is 10.4. The van der Waals surface area contributed by atoms with Crippen molar-refractivity contribution in [1.29, 1.82) is 0 Å². The fourth-order valence-corrected chi connectivity index (χ4v) is 7.90. The second kappa shape index (κ2) is 14.7. The van der Waals surface area contributed by atoms with Crippen LogP contribution in [0.25, 0.3) is 94.4 Å². The van der Waals surface area contributed by atoms with Gasteiger partial charge in [-0.15, -0.1) is 0 Å². The van der Waals surface area contributed by atoms with E-state index >= 15 is 0 Å². The van der Waals surface area contributed by atoms with E-state index in [1.807, 2.05) is 52.9 Å². The van der Waals surface area contributed by atoms with Crippen LogP contribution in [0.1, 0.15) is 13.3 Å². The normalized spacial score (nSPS) is 12.0. The number of hydrogen-bond donors (Lipinski definition) is 0. The van der Waals surface area contributed by atoms with E-state index in [-0.39, 0.29) is 0 Å². The third-order valence-corrected chi connectivity index (χ3v) is 10.5. The first-order valence-corrected chi connectivity index (χ1v) is 19.4. The molecule has 0 radical (unpaired) electrons. The van der Waals surface area contributed by atoms with Crippen LogP contribution in [0.15, 0.2) is 180 Å². The molecule has 0 aliphatic heterocycles. The lowest BCUT2D eigenvalue weighted by Gasteiger charge is -2.18. The monoisotopic (exact) mass is 806 g/mol. The SMILES string of the molecule is CC/C(=C\C=C/I)n1c(-c2ccc(-c3c4ccccc4c(-c4ccc5ccccc5c4)c4ccccc34)cc2)nc(-c2ccccn2)c1-c1ccccn1. The van der Waals surface area contributed by atoms with Crippen molar-refractivity contribution in [2.75, 3.05) is 0 Å². The first kappa shape index (κ1) is 33.6. The van der Waals surface area contributed by atoms with Gasteiger partial charge < -0.3 is 0 Å². The Morgan fingerprint density at radius 2 is 1.11 bits per heavy atom. The Labute approximate surface area is 328 Å². The highest BCUT2D eigenvalue weighted by Gasteiger charge is 2.25. The predicted octanol–water partition coefficient (Wildman–Crippen LogP) is 13.7. The number of pyridine rings is 2. The summed E-state index contributed by atoms with van der Waals surface area (Å²) in [4.78, 5) is 14.9. The van der Waals surface area contributed by atoms with E-state index in [4.69, 9.17) is 15.0 Å². The minimum absolute atomic E-state index is 0.797. The molecule has 5 heteroatoms. The van der Waals surface area contributed by atoms with Gasteiger partial charge in [-0.05, 0) is 101 Å². The summed E-state index contributed by atoms with van der Waals surface area (Å²) in [7, 11) is 0. The fourth-order valence-electron chi connectivity index (χ4n) is 7.69. The molecule has 0 atom stereocenters. The number of aromatic nitrogens is 4. The molecule has 3 heterocycles. The Hall–Kier alpha value is -6.18. The smallest absolute Gasteiger partial charge is 0.145 e. The van der Waals surface area contributed by atoms with Crippen LogP contribution in [0.3, 0.4) is 0 Å². The molecule has 0 saturated heterocycles. The van der Waals surface area contributed by atoms with Gasteiger partial charge in [0.2, 0.25) is 0 Å². The van der Waals surface area contributed by atoms with Crippen LogP contribution in [0.4, 0.5) is 0 Å². The molecule has 0 aliphatic rings. The fraction of sp³-hybridized carbons (Fsp3) is 0.0408. The molecule has 0 amide bonds. The van der Waals surface area contributed by atoms with Gasteiger partial charge in [-0.1, -0.05) is 157 Å². The Kier molecular flexibility index (Phi) is 9.15. The maximum absolute atomic E-state index is 5.37. The third-order valence-electron chi connectivity index (χ3n) is 10.1. The zero-order valence-corrected chi connectivity index (χ0v) is 31.9. The lowest BCUT2D eigenvalue weighted by molar-refractivity contribution is 1.01. The predicted molar refractivity (Wildman–Crippen MR) is 235 cm³/mol. The van der Waals surface area contributed by atoms with Gasteiger partial charge in [0.1, 0.15) is 17.2 Å². The van der Waals surface area contributed by atoms with Crippen molar-refractivity contribution in [3.63, 3.8) is 0 Å². The molecule has 0 saturated carbocycles. The van der Waals surface area contributed by atoms with Gasteiger partial charge >= 0.3 is 0 Å². The Bertz CT molecular complexity index is 2800. The van der Waals surface area contributed by atoms with E-state index in [1.165, 1.54) is 49.0 Å². The van der Waals surface area contributed by atoms with Gasteiger partial charge in [-0.25, -0.2) is 4.98 Å². The molecule has 4 nitrogen and oxygen atoms in total. The maximum atomic E-state index is 5.37. The van der Waals surface area contributed by atoms with Crippen molar-refractivity contribution in [3.05, 3.63) is 180 Å². The standard InChI is InChI=1S/C49H35IN4/c1-2-38(16-13-29-50)54-48(44-22-10-12-31-52-44)47(43-21-9-11-30-51-43)53-49(54)35-26-24-34(25-27-35)45-39-17-5-7-19-41(39)46(42-20-8-6-18-40(42)45)37-28-23-33-14-3-4-15-36(33)32-37/h3-32H,2H2,1H3/b29-13-,38-16+. The van der Waals surface area contributed by atoms with Crippen LogP contribution in [0.2, 0.25) is 0 Å². The molecule has 6 aromatic carbocycles. The summed E-state index contributed by atoms with van der Waals surface area (Å²) < 4.78 is 4.29. The number of rotatable bonds is 8. The van der Waals surface area contributed by atoms with Crippen LogP contribution in [0.5, 0.6) is 0 Å². The van der Waals surface area contributed by atoms with Crippen molar-refractivity contribution in [1.82, 2.24) is 19.5 Å². The average molecular weight is 807 g/mol. The molecular weight excluding hydrogens is 771 g/mol. The van der Waals surface area contributed by atoms with Gasteiger partial charge in [0.25, 0.3) is 0 Å². The summed E-state index contributed by atoms with van der Waals surface area (Å²) in [6.45, 7) is 2.18. The van der Waals surface area contributed by atoms with Crippen LogP contribution < -0.4 is 0 Å². The zero-order valence-electron chi connectivity index (χ0n) is 29.7. The molecule has 0 N–H and O–H groups in total. The summed E-state index contributed by atoms with van der Waals surface area (Å²) in [5.74, 6) is 0.846. The van der Waals surface area contributed by atoms with Gasteiger partial charge in [-0.2, -0.15) is 0 Å². The first-order chi connectivity index (χ1) is 26.7. The second-order valence-electron chi connectivity index (χ2n) is 13.2. The van der Waals surface area contributed by atoms with Gasteiger partial charge in [0.05, 0.1) is 11.4 Å². The zero-order chi connectivity index (χ0) is 36.4. The minimum atomic E-state index is 0.797. The lowest BCUT2D eigenvalue weighted by atomic mass is 9.85. The van der Waals surface area contributed by atoms with Crippen LogP contribution >= 0.6 is 22.6 Å². The molecule has 0 unspecified atom stereocenters. The molecular formula is C49H35IN4. The van der Waals surface area contributed by atoms with Crippen molar-refractivity contribution < 1.29 is 0 Å². The summed E-state index contributed by atoms with van der Waals surface area (Å²) in [6.07, 6.45) is 8.69. The molecule has 9 rings (SSSR count). The van der Waals surface area contributed by atoms with E-state index in [0.29, 0.717) is 0 Å². The molecule has 0 spiro atoms. The minimum Gasteiger partial charge on any atom is -0.294 e. The van der Waals surface area contributed by atoms with Gasteiger partial charge in [0.15, 0.2) is 0 Å². The summed E-state index contributed by atoms with van der Waals surface area (Å²) in [5, 5.41) is 7.42. The van der Waals surface area contributed by atoms with E-state index < -0.39 is 0 Å². The molecule has 9 aromatic rings. The van der Waals surface area contributed by atoms with Crippen LogP contribution in [0, 0.1) is 0 Å². The topological polar surface area (TPSA) is 43.6 Å². The summed E-state index contributed by atoms with van der Waals surface area (Å²) >= 11 is 2.27. The maximum Gasteiger partial charge on any atom is 0.145 e. The highest BCUT2D eigenvalue weighted by Crippen LogP contribution is 2.45. The average Bonchev–Trinajstić information content (AvgIpc) is 3.64. The van der Waals surface area contributed by atoms with E-state index in [9.17, 15) is 0 Å². The molecule has 3 aromatic heterocycles. The number of allylic oxidation sites excluding steroid dienone is 3. The number of nitrogens with zero attached hydrogens (tertiary/aromatic N) is 4. The number of halogens is 1. The van der Waals surface area contributed by atoms with Gasteiger partial charge in [0, 0.05) is 23.7 Å². The third kappa shape index (κ3) is 6.00. The lowest BCUT2D eigenvalue weighted by Crippen LogP contribution is -2.03.